The van der Waals surface area contributed by atoms with E-state index in [-0.39, 0.29) is 0 Å². The molecule has 1 aromatic rings. The van der Waals surface area contributed by atoms with E-state index in [4.69, 9.17) is 11.6 Å². The maximum Gasteiger partial charge on any atom is 0.0817 e. The van der Waals surface area contributed by atoms with Crippen LogP contribution in [0.4, 0.5) is 0 Å². The van der Waals surface area contributed by atoms with Gasteiger partial charge in [-0.15, -0.1) is 0 Å². The van der Waals surface area contributed by atoms with Gasteiger partial charge in [-0.05, 0) is 19.8 Å². The molecule has 0 radical (unpaired) electrons. The smallest absolute Gasteiger partial charge is 0.0817 e. The Hall–Kier alpha value is -0.0200. The van der Waals surface area contributed by atoms with Gasteiger partial charge >= 0.3 is 0 Å². The molecule has 1 heterocycles. The molecule has 1 atom stereocenters. The van der Waals surface area contributed by atoms with Gasteiger partial charge in [0.25, 0.3) is 0 Å². The molecular formula is C9H14BrClN2. The number of hydrogen-bond donors (Lipinski definition) is 0. The molecule has 0 aliphatic rings. The third kappa shape index (κ3) is 2.99. The minimum absolute atomic E-state index is 0.531. The molecule has 1 rings (SSSR count). The van der Waals surface area contributed by atoms with Crippen LogP contribution in [0.2, 0.25) is 5.02 Å². The normalized spacial score (nSPS) is 13.2. The molecule has 0 aromatic carbocycles. The van der Waals surface area contributed by atoms with Gasteiger partial charge in [0.1, 0.15) is 0 Å². The van der Waals surface area contributed by atoms with Crippen molar-refractivity contribution in [3.8, 4) is 0 Å². The number of aromatic nitrogens is 2. The lowest BCUT2D eigenvalue weighted by Gasteiger charge is -2.06. The predicted octanol–water partition coefficient (Wildman–Crippen LogP) is 3.27. The van der Waals surface area contributed by atoms with Gasteiger partial charge in [-0.1, -0.05) is 34.5 Å². The van der Waals surface area contributed by atoms with Gasteiger partial charge in [0.05, 0.1) is 16.9 Å². The van der Waals surface area contributed by atoms with Crippen molar-refractivity contribution < 1.29 is 0 Å². The SMILES string of the molecule is CCn1ncc(Cl)c1CCC(C)Br. The molecule has 2 nitrogen and oxygen atoms in total. The summed E-state index contributed by atoms with van der Waals surface area (Å²) in [5.74, 6) is 0. The summed E-state index contributed by atoms with van der Waals surface area (Å²) in [5.41, 5.74) is 1.15. The van der Waals surface area contributed by atoms with Gasteiger partial charge in [0.2, 0.25) is 0 Å². The Morgan fingerprint density at radius 2 is 2.38 bits per heavy atom. The Morgan fingerprint density at radius 3 is 2.92 bits per heavy atom. The second-order valence-corrected chi connectivity index (χ2v) is 5.04. The summed E-state index contributed by atoms with van der Waals surface area (Å²) < 4.78 is 1.96. The molecule has 0 bridgehead atoms. The van der Waals surface area contributed by atoms with E-state index in [0.29, 0.717) is 4.83 Å². The molecule has 0 amide bonds. The number of alkyl halides is 1. The first kappa shape index (κ1) is 11.1. The van der Waals surface area contributed by atoms with Crippen LogP contribution in [-0.2, 0) is 13.0 Å². The quantitative estimate of drug-likeness (QED) is 0.764. The van der Waals surface area contributed by atoms with E-state index in [2.05, 4.69) is 34.9 Å². The Kier molecular flexibility index (Phi) is 4.26. The first-order valence-corrected chi connectivity index (χ1v) is 5.78. The van der Waals surface area contributed by atoms with Crippen LogP contribution in [0.1, 0.15) is 26.0 Å². The highest BCUT2D eigenvalue weighted by molar-refractivity contribution is 9.09. The van der Waals surface area contributed by atoms with Crippen LogP contribution in [0, 0.1) is 0 Å². The molecule has 0 aliphatic carbocycles. The zero-order valence-corrected chi connectivity index (χ0v) is 10.3. The van der Waals surface area contributed by atoms with E-state index in [1.54, 1.807) is 6.20 Å². The number of nitrogens with zero attached hydrogens (tertiary/aromatic N) is 2. The first-order valence-electron chi connectivity index (χ1n) is 4.49. The summed E-state index contributed by atoms with van der Waals surface area (Å²) in [6.07, 6.45) is 3.80. The Labute approximate surface area is 92.4 Å². The van der Waals surface area contributed by atoms with Gasteiger partial charge in [-0.2, -0.15) is 5.10 Å². The largest absolute Gasteiger partial charge is 0.268 e. The van der Waals surface area contributed by atoms with Crippen LogP contribution in [0.3, 0.4) is 0 Å². The molecule has 0 aliphatic heterocycles. The Bertz CT molecular complexity index is 271. The molecule has 0 saturated carbocycles. The molecule has 4 heteroatoms. The topological polar surface area (TPSA) is 17.8 Å². The van der Waals surface area contributed by atoms with Crippen molar-refractivity contribution in [2.24, 2.45) is 0 Å². The summed E-state index contributed by atoms with van der Waals surface area (Å²) in [4.78, 5) is 0.531. The average Bonchev–Trinajstić information content (AvgIpc) is 2.43. The lowest BCUT2D eigenvalue weighted by Crippen LogP contribution is -2.04. The summed E-state index contributed by atoms with van der Waals surface area (Å²) in [6, 6.07) is 0. The van der Waals surface area contributed by atoms with Crippen molar-refractivity contribution in [3.05, 3.63) is 16.9 Å². The van der Waals surface area contributed by atoms with E-state index in [0.717, 1.165) is 30.1 Å². The molecule has 1 unspecified atom stereocenters. The number of rotatable bonds is 4. The number of hydrogen-bond acceptors (Lipinski definition) is 1. The molecular weight excluding hydrogens is 251 g/mol. The van der Waals surface area contributed by atoms with Crippen LogP contribution in [0.15, 0.2) is 6.20 Å². The maximum atomic E-state index is 6.01. The van der Waals surface area contributed by atoms with E-state index < -0.39 is 0 Å². The fraction of sp³-hybridized carbons (Fsp3) is 0.667. The second-order valence-electron chi connectivity index (χ2n) is 3.07. The van der Waals surface area contributed by atoms with Crippen LogP contribution < -0.4 is 0 Å². The summed E-state index contributed by atoms with van der Waals surface area (Å²) >= 11 is 9.53. The zero-order valence-electron chi connectivity index (χ0n) is 7.93. The van der Waals surface area contributed by atoms with Gasteiger partial charge in [0, 0.05) is 11.4 Å². The standard InChI is InChI=1S/C9H14BrClN2/c1-3-13-9(5-4-7(2)10)8(11)6-12-13/h6-7H,3-5H2,1-2H3. The fourth-order valence-corrected chi connectivity index (χ4v) is 1.71. The summed E-state index contributed by atoms with van der Waals surface area (Å²) in [6.45, 7) is 5.10. The van der Waals surface area contributed by atoms with Crippen molar-refractivity contribution in [1.29, 1.82) is 0 Å². The van der Waals surface area contributed by atoms with Gasteiger partial charge < -0.3 is 0 Å². The minimum atomic E-state index is 0.531. The third-order valence-electron chi connectivity index (χ3n) is 1.98. The van der Waals surface area contributed by atoms with Crippen LogP contribution in [0.5, 0.6) is 0 Å². The van der Waals surface area contributed by atoms with Crippen LogP contribution in [0.25, 0.3) is 0 Å². The highest BCUT2D eigenvalue weighted by Crippen LogP contribution is 2.18. The van der Waals surface area contributed by atoms with Gasteiger partial charge in [-0.3, -0.25) is 4.68 Å². The average molecular weight is 266 g/mol. The predicted molar refractivity (Wildman–Crippen MR) is 59.6 cm³/mol. The summed E-state index contributed by atoms with van der Waals surface area (Å²) in [7, 11) is 0. The fourth-order valence-electron chi connectivity index (χ4n) is 1.24. The third-order valence-corrected chi connectivity index (χ3v) is 2.75. The molecule has 0 fully saturated rings. The molecule has 74 valence electrons. The Morgan fingerprint density at radius 1 is 1.69 bits per heavy atom. The van der Waals surface area contributed by atoms with Crippen molar-refractivity contribution in [1.82, 2.24) is 9.78 Å². The molecule has 1 aromatic heterocycles. The lowest BCUT2D eigenvalue weighted by molar-refractivity contribution is 0.610. The molecule has 0 saturated heterocycles. The molecule has 0 N–H and O–H groups in total. The van der Waals surface area contributed by atoms with E-state index in [1.165, 1.54) is 0 Å². The van der Waals surface area contributed by atoms with Gasteiger partial charge in [-0.25, -0.2) is 0 Å². The molecule has 0 spiro atoms. The number of aryl methyl sites for hydroxylation is 1. The first-order chi connectivity index (χ1) is 6.15. The van der Waals surface area contributed by atoms with Crippen molar-refractivity contribution in [2.75, 3.05) is 0 Å². The van der Waals surface area contributed by atoms with Gasteiger partial charge in [0.15, 0.2) is 0 Å². The molecule has 13 heavy (non-hydrogen) atoms. The van der Waals surface area contributed by atoms with E-state index in [1.807, 2.05) is 4.68 Å². The van der Waals surface area contributed by atoms with Crippen molar-refractivity contribution in [3.63, 3.8) is 0 Å². The van der Waals surface area contributed by atoms with Crippen LogP contribution >= 0.6 is 27.5 Å². The Balaban J connectivity index is 2.68. The summed E-state index contributed by atoms with van der Waals surface area (Å²) in [5, 5.41) is 4.97. The van der Waals surface area contributed by atoms with E-state index in [9.17, 15) is 0 Å². The zero-order chi connectivity index (χ0) is 9.84. The second kappa shape index (κ2) is 5.01. The van der Waals surface area contributed by atoms with Crippen LogP contribution in [-0.4, -0.2) is 14.6 Å². The minimum Gasteiger partial charge on any atom is -0.268 e. The monoisotopic (exact) mass is 264 g/mol. The van der Waals surface area contributed by atoms with E-state index >= 15 is 0 Å². The van der Waals surface area contributed by atoms with Crippen molar-refractivity contribution >= 4 is 27.5 Å². The highest BCUT2D eigenvalue weighted by Gasteiger charge is 2.08. The lowest BCUT2D eigenvalue weighted by atomic mass is 10.2. The van der Waals surface area contributed by atoms with Crippen molar-refractivity contribution in [2.45, 2.75) is 38.1 Å². The maximum absolute atomic E-state index is 6.01. The number of halogens is 2. The highest BCUT2D eigenvalue weighted by atomic mass is 79.9.